The maximum atomic E-state index is 9.81. The van der Waals surface area contributed by atoms with Crippen molar-refractivity contribution < 1.29 is 14.2 Å². The van der Waals surface area contributed by atoms with Gasteiger partial charge in [-0.25, -0.2) is 0 Å². The van der Waals surface area contributed by atoms with Crippen molar-refractivity contribution in [3.63, 3.8) is 0 Å². The number of aromatic nitrogens is 1. The lowest BCUT2D eigenvalue weighted by atomic mass is 10.0. The first-order valence-corrected chi connectivity index (χ1v) is 12.8. The SMILES string of the molecule is COc1cc(Nc2c(C#N)cnc3cc(-c4ccc(CN5CCCCC5)cc4)ccc23)cc(OC)c1OC. The normalized spacial score (nSPS) is 13.6. The molecule has 0 aliphatic carbocycles. The first-order chi connectivity index (χ1) is 18.6. The molecule has 0 unspecified atom stereocenters. The number of benzene rings is 3. The van der Waals surface area contributed by atoms with Crippen LogP contribution in [0.25, 0.3) is 22.0 Å². The third-order valence-corrected chi connectivity index (χ3v) is 7.07. The average molecular weight is 509 g/mol. The summed E-state index contributed by atoms with van der Waals surface area (Å²) in [6.45, 7) is 3.39. The predicted molar refractivity (Wildman–Crippen MR) is 150 cm³/mol. The molecule has 4 aromatic rings. The molecular weight excluding hydrogens is 476 g/mol. The Morgan fingerprint density at radius 2 is 1.55 bits per heavy atom. The molecular formula is C31H32N4O3. The van der Waals surface area contributed by atoms with Crippen LogP contribution in [0.5, 0.6) is 17.2 Å². The molecule has 3 aromatic carbocycles. The predicted octanol–water partition coefficient (Wildman–Crippen LogP) is 6.53. The van der Waals surface area contributed by atoms with E-state index < -0.39 is 0 Å². The van der Waals surface area contributed by atoms with E-state index in [1.165, 1.54) is 37.9 Å². The van der Waals surface area contributed by atoms with Gasteiger partial charge in [0.05, 0.1) is 38.1 Å². The van der Waals surface area contributed by atoms with Crippen LogP contribution < -0.4 is 19.5 Å². The first kappa shape index (κ1) is 25.4. The first-order valence-electron chi connectivity index (χ1n) is 12.8. The number of piperidine rings is 1. The molecule has 0 amide bonds. The summed E-state index contributed by atoms with van der Waals surface area (Å²) in [6, 6.07) is 20.8. The number of ether oxygens (including phenoxy) is 3. The van der Waals surface area contributed by atoms with E-state index in [0.717, 1.165) is 28.6 Å². The fourth-order valence-corrected chi connectivity index (χ4v) is 5.07. The zero-order valence-electron chi connectivity index (χ0n) is 22.1. The Kier molecular flexibility index (Phi) is 7.62. The molecule has 1 aromatic heterocycles. The highest BCUT2D eigenvalue weighted by Gasteiger charge is 2.16. The molecule has 194 valence electrons. The van der Waals surface area contributed by atoms with Gasteiger partial charge in [0.1, 0.15) is 6.07 Å². The molecule has 0 spiro atoms. The van der Waals surface area contributed by atoms with Crippen molar-refractivity contribution in [1.29, 1.82) is 5.26 Å². The molecule has 1 aliphatic rings. The number of anilines is 2. The minimum Gasteiger partial charge on any atom is -0.493 e. The van der Waals surface area contributed by atoms with Gasteiger partial charge < -0.3 is 19.5 Å². The van der Waals surface area contributed by atoms with E-state index in [2.05, 4.69) is 57.7 Å². The van der Waals surface area contributed by atoms with Crippen LogP contribution in [0, 0.1) is 11.3 Å². The smallest absolute Gasteiger partial charge is 0.203 e. The number of rotatable bonds is 8. The number of hydrogen-bond acceptors (Lipinski definition) is 7. The Morgan fingerprint density at radius 3 is 2.18 bits per heavy atom. The number of fused-ring (bicyclic) bond motifs is 1. The van der Waals surface area contributed by atoms with Gasteiger partial charge in [-0.15, -0.1) is 0 Å². The monoisotopic (exact) mass is 508 g/mol. The van der Waals surface area contributed by atoms with Crippen molar-refractivity contribution in [2.45, 2.75) is 25.8 Å². The van der Waals surface area contributed by atoms with E-state index in [9.17, 15) is 5.26 Å². The number of methoxy groups -OCH3 is 3. The van der Waals surface area contributed by atoms with Crippen LogP contribution in [0.1, 0.15) is 30.4 Å². The summed E-state index contributed by atoms with van der Waals surface area (Å²) in [5.41, 5.74) is 6.18. The molecule has 0 saturated carbocycles. The van der Waals surface area contributed by atoms with E-state index in [-0.39, 0.29) is 0 Å². The van der Waals surface area contributed by atoms with Crippen LogP contribution in [0.2, 0.25) is 0 Å². The zero-order chi connectivity index (χ0) is 26.5. The lowest BCUT2D eigenvalue weighted by molar-refractivity contribution is 0.221. The average Bonchev–Trinajstić information content (AvgIpc) is 2.97. The summed E-state index contributed by atoms with van der Waals surface area (Å²) in [5, 5.41) is 14.1. The zero-order valence-corrected chi connectivity index (χ0v) is 22.1. The van der Waals surface area contributed by atoms with Crippen molar-refractivity contribution in [2.24, 2.45) is 0 Å². The van der Waals surface area contributed by atoms with E-state index in [1.54, 1.807) is 27.5 Å². The number of nitriles is 1. The van der Waals surface area contributed by atoms with Gasteiger partial charge in [0, 0.05) is 35.9 Å². The van der Waals surface area contributed by atoms with Crippen LogP contribution in [-0.2, 0) is 6.54 Å². The van der Waals surface area contributed by atoms with Crippen molar-refractivity contribution in [3.8, 4) is 34.4 Å². The largest absolute Gasteiger partial charge is 0.493 e. The van der Waals surface area contributed by atoms with Crippen LogP contribution in [0.15, 0.2) is 60.8 Å². The van der Waals surface area contributed by atoms with Crippen molar-refractivity contribution >= 4 is 22.3 Å². The van der Waals surface area contributed by atoms with Crippen LogP contribution in [0.4, 0.5) is 11.4 Å². The van der Waals surface area contributed by atoms with Crippen molar-refractivity contribution in [3.05, 3.63) is 71.9 Å². The standard InChI is InChI=1S/C31H32N4O3/c1-36-28-16-25(17-29(37-2)31(28)38-3)34-30-24(18-32)19-33-27-15-23(11-12-26(27)30)22-9-7-21(8-10-22)20-35-13-5-4-6-14-35/h7-12,15-17,19H,4-6,13-14,20H2,1-3H3,(H,33,34). The summed E-state index contributed by atoms with van der Waals surface area (Å²) in [4.78, 5) is 7.13. The molecule has 7 heteroatoms. The quantitative estimate of drug-likeness (QED) is 0.290. The molecule has 0 bridgehead atoms. The van der Waals surface area contributed by atoms with Gasteiger partial charge in [0.2, 0.25) is 5.75 Å². The van der Waals surface area contributed by atoms with Crippen LogP contribution in [-0.4, -0.2) is 44.3 Å². The highest BCUT2D eigenvalue weighted by Crippen LogP contribution is 2.41. The van der Waals surface area contributed by atoms with E-state index in [0.29, 0.717) is 34.2 Å². The molecule has 7 nitrogen and oxygen atoms in total. The Hall–Kier alpha value is -4.28. The Balaban J connectivity index is 1.45. The van der Waals surface area contributed by atoms with Gasteiger partial charge in [0.15, 0.2) is 11.5 Å². The maximum absolute atomic E-state index is 9.81. The second-order valence-electron chi connectivity index (χ2n) is 9.46. The second-order valence-corrected chi connectivity index (χ2v) is 9.46. The second kappa shape index (κ2) is 11.4. The van der Waals surface area contributed by atoms with Crippen molar-refractivity contribution in [1.82, 2.24) is 9.88 Å². The minimum absolute atomic E-state index is 0.445. The number of pyridine rings is 1. The summed E-state index contributed by atoms with van der Waals surface area (Å²) >= 11 is 0. The highest BCUT2D eigenvalue weighted by molar-refractivity contribution is 5.98. The Labute approximate surface area is 223 Å². The molecule has 1 saturated heterocycles. The van der Waals surface area contributed by atoms with Gasteiger partial charge in [-0.2, -0.15) is 5.26 Å². The van der Waals surface area contributed by atoms with E-state index in [1.807, 2.05) is 18.2 Å². The highest BCUT2D eigenvalue weighted by atomic mass is 16.5. The maximum Gasteiger partial charge on any atom is 0.203 e. The number of nitrogens with one attached hydrogen (secondary N) is 1. The Morgan fingerprint density at radius 1 is 0.868 bits per heavy atom. The van der Waals surface area contributed by atoms with Gasteiger partial charge in [-0.1, -0.05) is 42.8 Å². The molecule has 1 N–H and O–H groups in total. The number of hydrogen-bond donors (Lipinski definition) is 1. The van der Waals surface area contributed by atoms with Gasteiger partial charge in [-0.05, 0) is 48.7 Å². The third kappa shape index (κ3) is 5.22. The molecule has 0 radical (unpaired) electrons. The lowest BCUT2D eigenvalue weighted by Gasteiger charge is -2.26. The van der Waals surface area contributed by atoms with Gasteiger partial charge in [-0.3, -0.25) is 9.88 Å². The summed E-state index contributed by atoms with van der Waals surface area (Å²) in [5.74, 6) is 1.56. The molecule has 38 heavy (non-hydrogen) atoms. The molecule has 1 fully saturated rings. The number of likely N-dealkylation sites (tertiary alicyclic amines) is 1. The molecule has 2 heterocycles. The fraction of sp³-hybridized carbons (Fsp3) is 0.290. The van der Waals surface area contributed by atoms with E-state index in [4.69, 9.17) is 14.2 Å². The Bertz CT molecular complexity index is 1450. The summed E-state index contributed by atoms with van der Waals surface area (Å²) < 4.78 is 16.4. The third-order valence-electron chi connectivity index (χ3n) is 7.07. The van der Waals surface area contributed by atoms with Gasteiger partial charge >= 0.3 is 0 Å². The summed E-state index contributed by atoms with van der Waals surface area (Å²) in [7, 11) is 4.72. The molecule has 5 rings (SSSR count). The summed E-state index contributed by atoms with van der Waals surface area (Å²) in [6.07, 6.45) is 5.55. The fourth-order valence-electron chi connectivity index (χ4n) is 5.07. The van der Waals surface area contributed by atoms with Crippen LogP contribution in [0.3, 0.4) is 0 Å². The van der Waals surface area contributed by atoms with Crippen molar-refractivity contribution in [2.75, 3.05) is 39.7 Å². The number of nitrogens with zero attached hydrogens (tertiary/aromatic N) is 3. The molecule has 0 atom stereocenters. The van der Waals surface area contributed by atoms with Gasteiger partial charge in [0.25, 0.3) is 0 Å². The van der Waals surface area contributed by atoms with E-state index >= 15 is 0 Å². The van der Waals surface area contributed by atoms with Crippen LogP contribution >= 0.6 is 0 Å². The molecule has 1 aliphatic heterocycles. The minimum atomic E-state index is 0.445. The lowest BCUT2D eigenvalue weighted by Crippen LogP contribution is -2.28. The topological polar surface area (TPSA) is 79.6 Å².